The molecule has 35 heavy (non-hydrogen) atoms. The summed E-state index contributed by atoms with van der Waals surface area (Å²) in [4.78, 5) is 17.2. The molecule has 0 N–H and O–H groups in total. The third kappa shape index (κ3) is 5.81. The highest BCUT2D eigenvalue weighted by atomic mass is 79.9. The van der Waals surface area contributed by atoms with Gasteiger partial charge in [0.1, 0.15) is 5.75 Å². The molecular weight excluding hydrogens is 504 g/mol. The number of carbonyl (C=O) groups excluding carboxylic acids is 1. The maximum atomic E-state index is 13.0. The van der Waals surface area contributed by atoms with Crippen molar-refractivity contribution in [1.29, 1.82) is 0 Å². The third-order valence-electron chi connectivity index (χ3n) is 6.20. The normalized spacial score (nSPS) is 14.1. The van der Waals surface area contributed by atoms with Crippen LogP contribution in [-0.2, 0) is 13.3 Å². The molecule has 0 radical (unpaired) electrons. The first-order chi connectivity index (χ1) is 17.2. The Morgan fingerprint density at radius 2 is 1.51 bits per heavy atom. The number of hydrogen-bond acceptors (Lipinski definition) is 4. The van der Waals surface area contributed by atoms with E-state index in [1.807, 2.05) is 53.4 Å². The van der Waals surface area contributed by atoms with Gasteiger partial charge in [0, 0.05) is 43.4 Å². The van der Waals surface area contributed by atoms with Crippen LogP contribution in [0.15, 0.2) is 95.6 Å². The van der Waals surface area contributed by atoms with Crippen molar-refractivity contribution in [2.75, 3.05) is 26.2 Å². The molecule has 1 amide bonds. The molecule has 3 aromatic carbocycles. The fraction of sp³-hybridized carbons (Fsp3) is 0.214. The Balaban J connectivity index is 1.11. The van der Waals surface area contributed by atoms with Gasteiger partial charge in [-0.15, -0.1) is 0 Å². The van der Waals surface area contributed by atoms with Gasteiger partial charge < -0.3 is 9.64 Å². The average molecular weight is 531 g/mol. The maximum absolute atomic E-state index is 13.0. The summed E-state index contributed by atoms with van der Waals surface area (Å²) in [6.07, 6.45) is 1.79. The van der Waals surface area contributed by atoms with Crippen LogP contribution in [0.5, 0.6) is 5.75 Å². The fourth-order valence-corrected chi connectivity index (χ4v) is 4.61. The lowest BCUT2D eigenvalue weighted by Crippen LogP contribution is -2.48. The zero-order valence-electron chi connectivity index (χ0n) is 19.4. The second-order valence-corrected chi connectivity index (χ2v) is 9.42. The number of rotatable bonds is 7. The molecule has 1 aromatic heterocycles. The molecular formula is C28H27BrN4O2. The monoisotopic (exact) mass is 530 g/mol. The highest BCUT2D eigenvalue weighted by molar-refractivity contribution is 9.10. The quantitative estimate of drug-likeness (QED) is 0.325. The number of carbonyl (C=O) groups is 1. The largest absolute Gasteiger partial charge is 0.471 e. The van der Waals surface area contributed by atoms with Crippen LogP contribution in [0.4, 0.5) is 0 Å². The maximum Gasteiger partial charge on any atom is 0.274 e. The Bertz CT molecular complexity index is 1270. The van der Waals surface area contributed by atoms with Crippen LogP contribution in [-0.4, -0.2) is 51.7 Å². The van der Waals surface area contributed by atoms with Crippen LogP contribution < -0.4 is 4.74 Å². The van der Waals surface area contributed by atoms with Crippen LogP contribution >= 0.6 is 15.9 Å². The third-order valence-corrected chi connectivity index (χ3v) is 6.97. The lowest BCUT2D eigenvalue weighted by Gasteiger charge is -2.34. The Morgan fingerprint density at radius 3 is 2.26 bits per heavy atom. The Morgan fingerprint density at radius 1 is 0.829 bits per heavy atom. The first-order valence-corrected chi connectivity index (χ1v) is 12.5. The zero-order chi connectivity index (χ0) is 24.0. The number of hydrogen-bond donors (Lipinski definition) is 0. The SMILES string of the molecule is O=C(c1ccn(COc2ccc(-c3ccccc3)cc2)n1)N1CCN(Cc2ccccc2Br)CC1. The number of ether oxygens (including phenoxy) is 1. The van der Waals surface area contributed by atoms with Crippen LogP contribution in [0.25, 0.3) is 11.1 Å². The first kappa shape index (κ1) is 23.3. The van der Waals surface area contributed by atoms with Gasteiger partial charge in [0.25, 0.3) is 5.91 Å². The molecule has 0 atom stereocenters. The van der Waals surface area contributed by atoms with Gasteiger partial charge in [-0.05, 0) is 41.0 Å². The van der Waals surface area contributed by atoms with Crippen molar-refractivity contribution in [3.63, 3.8) is 0 Å². The number of halogens is 1. The number of piperazine rings is 1. The molecule has 0 bridgehead atoms. The van der Waals surface area contributed by atoms with E-state index in [-0.39, 0.29) is 12.6 Å². The molecule has 1 aliphatic rings. The number of amides is 1. The van der Waals surface area contributed by atoms with Gasteiger partial charge in [0.2, 0.25) is 0 Å². The summed E-state index contributed by atoms with van der Waals surface area (Å²) in [6, 6.07) is 28.3. The predicted octanol–water partition coefficient (Wildman–Crippen LogP) is 5.31. The summed E-state index contributed by atoms with van der Waals surface area (Å²) in [7, 11) is 0. The average Bonchev–Trinajstić information content (AvgIpc) is 3.39. The summed E-state index contributed by atoms with van der Waals surface area (Å²) >= 11 is 3.62. The van der Waals surface area contributed by atoms with Gasteiger partial charge in [-0.25, -0.2) is 4.68 Å². The predicted molar refractivity (Wildman–Crippen MR) is 140 cm³/mol. The molecule has 1 aliphatic heterocycles. The molecule has 178 valence electrons. The van der Waals surface area contributed by atoms with Gasteiger partial charge in [-0.1, -0.05) is 76.6 Å². The van der Waals surface area contributed by atoms with E-state index in [1.54, 1.807) is 16.9 Å². The van der Waals surface area contributed by atoms with E-state index in [0.29, 0.717) is 18.8 Å². The molecule has 4 aromatic rings. The van der Waals surface area contributed by atoms with Crippen molar-refractivity contribution in [2.45, 2.75) is 13.3 Å². The van der Waals surface area contributed by atoms with Crippen molar-refractivity contribution in [1.82, 2.24) is 19.6 Å². The standard InChI is InChI=1S/C28H27BrN4O2/c29-26-9-5-4-8-24(26)20-31-16-18-32(19-17-31)28(34)27-14-15-33(30-27)21-35-25-12-10-23(11-13-25)22-6-2-1-3-7-22/h1-15H,16-21H2. The van der Waals surface area contributed by atoms with Crippen molar-refractivity contribution in [2.24, 2.45) is 0 Å². The van der Waals surface area contributed by atoms with E-state index in [9.17, 15) is 4.79 Å². The van der Waals surface area contributed by atoms with Crippen LogP contribution in [0.1, 0.15) is 16.1 Å². The van der Waals surface area contributed by atoms with E-state index in [4.69, 9.17) is 4.74 Å². The van der Waals surface area contributed by atoms with Crippen LogP contribution in [0.3, 0.4) is 0 Å². The molecule has 5 rings (SSSR count). The number of aromatic nitrogens is 2. The molecule has 2 heterocycles. The summed E-state index contributed by atoms with van der Waals surface area (Å²) < 4.78 is 8.64. The summed E-state index contributed by atoms with van der Waals surface area (Å²) in [5.41, 5.74) is 4.03. The second kappa shape index (κ2) is 10.9. The van der Waals surface area contributed by atoms with Crippen molar-refractivity contribution >= 4 is 21.8 Å². The Labute approximate surface area is 213 Å². The number of nitrogens with zero attached hydrogens (tertiary/aromatic N) is 4. The molecule has 0 unspecified atom stereocenters. The molecule has 7 heteroatoms. The van der Waals surface area contributed by atoms with E-state index in [0.717, 1.165) is 35.4 Å². The van der Waals surface area contributed by atoms with E-state index in [2.05, 4.69) is 56.3 Å². The van der Waals surface area contributed by atoms with Crippen molar-refractivity contribution in [3.8, 4) is 16.9 Å². The first-order valence-electron chi connectivity index (χ1n) is 11.7. The van der Waals surface area contributed by atoms with Gasteiger partial charge in [0.05, 0.1) is 0 Å². The van der Waals surface area contributed by atoms with E-state index < -0.39 is 0 Å². The molecule has 1 fully saturated rings. The fourth-order valence-electron chi connectivity index (χ4n) is 4.20. The summed E-state index contributed by atoms with van der Waals surface area (Å²) in [6.45, 7) is 4.20. The molecule has 0 spiro atoms. The van der Waals surface area contributed by atoms with Crippen molar-refractivity contribution in [3.05, 3.63) is 107 Å². The number of benzene rings is 3. The Hall–Kier alpha value is -3.42. The van der Waals surface area contributed by atoms with Gasteiger partial charge in [0.15, 0.2) is 12.4 Å². The second-order valence-electron chi connectivity index (χ2n) is 8.56. The highest BCUT2D eigenvalue weighted by Gasteiger charge is 2.24. The molecule has 0 aliphatic carbocycles. The minimum atomic E-state index is -0.0310. The minimum absolute atomic E-state index is 0.0310. The zero-order valence-corrected chi connectivity index (χ0v) is 21.0. The van der Waals surface area contributed by atoms with Crippen LogP contribution in [0.2, 0.25) is 0 Å². The van der Waals surface area contributed by atoms with Crippen molar-refractivity contribution < 1.29 is 9.53 Å². The summed E-state index contributed by atoms with van der Waals surface area (Å²) in [5, 5.41) is 4.44. The Kier molecular flexibility index (Phi) is 7.25. The van der Waals surface area contributed by atoms with Crippen LogP contribution in [0, 0.1) is 0 Å². The minimum Gasteiger partial charge on any atom is -0.471 e. The van der Waals surface area contributed by atoms with E-state index in [1.165, 1.54) is 11.1 Å². The topological polar surface area (TPSA) is 50.6 Å². The lowest BCUT2D eigenvalue weighted by molar-refractivity contribution is 0.0620. The van der Waals surface area contributed by atoms with E-state index >= 15 is 0 Å². The highest BCUT2D eigenvalue weighted by Crippen LogP contribution is 2.22. The molecule has 0 saturated carbocycles. The van der Waals surface area contributed by atoms with Gasteiger partial charge in [-0.3, -0.25) is 9.69 Å². The summed E-state index contributed by atoms with van der Waals surface area (Å²) in [5.74, 6) is 0.728. The lowest BCUT2D eigenvalue weighted by atomic mass is 10.1. The molecule has 6 nitrogen and oxygen atoms in total. The van der Waals surface area contributed by atoms with Gasteiger partial charge >= 0.3 is 0 Å². The smallest absolute Gasteiger partial charge is 0.274 e. The molecule has 1 saturated heterocycles. The van der Waals surface area contributed by atoms with Gasteiger partial charge in [-0.2, -0.15) is 5.10 Å².